The first-order valence-corrected chi connectivity index (χ1v) is 5.29. The lowest BCUT2D eigenvalue weighted by atomic mass is 10.2. The van der Waals surface area contributed by atoms with E-state index in [0.717, 1.165) is 10.6 Å². The molecule has 2 rings (SSSR count). The molecule has 5 heteroatoms. The summed E-state index contributed by atoms with van der Waals surface area (Å²) in [5.74, 6) is 0. The van der Waals surface area contributed by atoms with Crippen molar-refractivity contribution in [2.24, 2.45) is 0 Å². The van der Waals surface area contributed by atoms with Gasteiger partial charge in [0.05, 0.1) is 12.3 Å². The lowest BCUT2D eigenvalue weighted by molar-refractivity contribution is 0.195. The van der Waals surface area contributed by atoms with E-state index in [1.807, 2.05) is 6.07 Å². The van der Waals surface area contributed by atoms with Crippen LogP contribution >= 0.6 is 11.8 Å². The first-order chi connectivity index (χ1) is 7.27. The first kappa shape index (κ1) is 10.2. The number of hydrogen-bond acceptors (Lipinski definition) is 5. The van der Waals surface area contributed by atoms with Crippen molar-refractivity contribution < 1.29 is 9.52 Å². The van der Waals surface area contributed by atoms with Gasteiger partial charge in [-0.3, -0.25) is 0 Å². The summed E-state index contributed by atoms with van der Waals surface area (Å²) in [7, 11) is 0. The van der Waals surface area contributed by atoms with E-state index < -0.39 is 6.10 Å². The molecule has 0 aliphatic heterocycles. The Balaban J connectivity index is 2.28. The zero-order valence-electron chi connectivity index (χ0n) is 8.12. The molecule has 0 unspecified atom stereocenters. The third-order valence-electron chi connectivity index (χ3n) is 1.84. The molecule has 4 nitrogen and oxygen atoms in total. The zero-order valence-corrected chi connectivity index (χ0v) is 8.94. The van der Waals surface area contributed by atoms with Crippen molar-refractivity contribution in [2.45, 2.75) is 23.3 Å². The molecule has 0 saturated heterocycles. The van der Waals surface area contributed by atoms with E-state index in [1.54, 1.807) is 25.4 Å². The van der Waals surface area contributed by atoms with E-state index >= 15 is 0 Å². The summed E-state index contributed by atoms with van der Waals surface area (Å²) < 4.78 is 5.10. The summed E-state index contributed by atoms with van der Waals surface area (Å²) in [6.07, 6.45) is 4.22. The van der Waals surface area contributed by atoms with Crippen LogP contribution in [0.25, 0.3) is 0 Å². The molecule has 2 aromatic heterocycles. The van der Waals surface area contributed by atoms with Gasteiger partial charge in [0.25, 0.3) is 5.22 Å². The van der Waals surface area contributed by atoms with Gasteiger partial charge in [-0.25, -0.2) is 9.97 Å². The van der Waals surface area contributed by atoms with Gasteiger partial charge in [-0.05, 0) is 24.8 Å². The molecule has 0 spiro atoms. The van der Waals surface area contributed by atoms with Crippen LogP contribution in [-0.4, -0.2) is 15.1 Å². The summed E-state index contributed by atoms with van der Waals surface area (Å²) >= 11 is 1.30. The molecule has 0 amide bonds. The van der Waals surface area contributed by atoms with Gasteiger partial charge in [-0.1, -0.05) is 6.07 Å². The third kappa shape index (κ3) is 2.37. The Labute approximate surface area is 91.4 Å². The second-order valence-corrected chi connectivity index (χ2v) is 3.91. The van der Waals surface area contributed by atoms with Gasteiger partial charge >= 0.3 is 0 Å². The molecule has 0 radical (unpaired) electrons. The summed E-state index contributed by atoms with van der Waals surface area (Å²) in [5.41, 5.74) is 0.778. The van der Waals surface area contributed by atoms with E-state index in [1.165, 1.54) is 18.0 Å². The third-order valence-corrected chi connectivity index (χ3v) is 2.76. The number of aromatic nitrogens is 2. The Bertz CT molecular complexity index is 429. The van der Waals surface area contributed by atoms with Crippen LogP contribution in [0.2, 0.25) is 0 Å². The SMILES string of the molecule is C[C@@H](O)c1cccnc1Sc1ncco1. The highest BCUT2D eigenvalue weighted by molar-refractivity contribution is 7.99. The lowest BCUT2D eigenvalue weighted by Gasteiger charge is -2.07. The molecule has 0 aliphatic carbocycles. The average Bonchev–Trinajstić information content (AvgIpc) is 2.71. The van der Waals surface area contributed by atoms with Crippen LogP contribution in [0.15, 0.2) is 45.5 Å². The van der Waals surface area contributed by atoms with Crippen LogP contribution in [0.1, 0.15) is 18.6 Å². The van der Waals surface area contributed by atoms with Crippen molar-refractivity contribution in [2.75, 3.05) is 0 Å². The molecule has 2 aromatic rings. The number of aliphatic hydroxyl groups excluding tert-OH is 1. The molecule has 15 heavy (non-hydrogen) atoms. The van der Waals surface area contributed by atoms with Crippen molar-refractivity contribution in [1.82, 2.24) is 9.97 Å². The summed E-state index contributed by atoms with van der Waals surface area (Å²) in [5, 5.41) is 10.8. The number of aliphatic hydroxyl groups is 1. The van der Waals surface area contributed by atoms with Crippen molar-refractivity contribution in [3.63, 3.8) is 0 Å². The van der Waals surface area contributed by atoms with Gasteiger partial charge in [-0.15, -0.1) is 0 Å². The number of hydrogen-bond donors (Lipinski definition) is 1. The van der Waals surface area contributed by atoms with Gasteiger partial charge in [-0.2, -0.15) is 0 Å². The molecular weight excluding hydrogens is 212 g/mol. The van der Waals surface area contributed by atoms with Crippen LogP contribution in [0, 0.1) is 0 Å². The topological polar surface area (TPSA) is 59.2 Å². The maximum atomic E-state index is 9.53. The highest BCUT2D eigenvalue weighted by Gasteiger charge is 2.11. The lowest BCUT2D eigenvalue weighted by Crippen LogP contribution is -1.95. The van der Waals surface area contributed by atoms with Crippen molar-refractivity contribution in [3.05, 3.63) is 36.4 Å². The largest absolute Gasteiger partial charge is 0.440 e. The van der Waals surface area contributed by atoms with Gasteiger partial charge in [0.1, 0.15) is 11.3 Å². The maximum Gasteiger partial charge on any atom is 0.261 e. The summed E-state index contributed by atoms with van der Waals surface area (Å²) in [6, 6.07) is 3.63. The molecule has 2 heterocycles. The Morgan fingerprint density at radius 3 is 2.93 bits per heavy atom. The summed E-state index contributed by atoms with van der Waals surface area (Å²) in [4.78, 5) is 8.16. The van der Waals surface area contributed by atoms with E-state index in [9.17, 15) is 5.11 Å². The van der Waals surface area contributed by atoms with Crippen molar-refractivity contribution in [1.29, 1.82) is 0 Å². The predicted molar refractivity (Wildman–Crippen MR) is 55.5 cm³/mol. The fourth-order valence-electron chi connectivity index (χ4n) is 1.15. The second kappa shape index (κ2) is 4.46. The molecule has 0 bridgehead atoms. The van der Waals surface area contributed by atoms with E-state index in [-0.39, 0.29) is 0 Å². The number of nitrogens with zero attached hydrogens (tertiary/aromatic N) is 2. The fourth-order valence-corrected chi connectivity index (χ4v) is 2.00. The highest BCUT2D eigenvalue weighted by atomic mass is 32.2. The van der Waals surface area contributed by atoms with Gasteiger partial charge < -0.3 is 9.52 Å². The van der Waals surface area contributed by atoms with E-state index in [2.05, 4.69) is 9.97 Å². The van der Waals surface area contributed by atoms with Crippen LogP contribution < -0.4 is 0 Å². The smallest absolute Gasteiger partial charge is 0.261 e. The van der Waals surface area contributed by atoms with E-state index in [0.29, 0.717) is 5.22 Å². The fraction of sp³-hybridized carbons (Fsp3) is 0.200. The molecule has 0 fully saturated rings. The Kier molecular flexibility index (Phi) is 3.03. The summed E-state index contributed by atoms with van der Waals surface area (Å²) in [6.45, 7) is 1.70. The minimum atomic E-state index is -0.545. The van der Waals surface area contributed by atoms with Crippen molar-refractivity contribution >= 4 is 11.8 Å². The minimum absolute atomic E-state index is 0.524. The molecule has 0 aliphatic rings. The minimum Gasteiger partial charge on any atom is -0.440 e. The average molecular weight is 222 g/mol. The molecule has 78 valence electrons. The van der Waals surface area contributed by atoms with Gasteiger partial charge in [0, 0.05) is 11.8 Å². The number of pyridine rings is 1. The Morgan fingerprint density at radius 1 is 1.40 bits per heavy atom. The molecule has 1 atom stereocenters. The van der Waals surface area contributed by atoms with Crippen LogP contribution in [-0.2, 0) is 0 Å². The van der Waals surface area contributed by atoms with Gasteiger partial charge in [0.2, 0.25) is 0 Å². The number of rotatable bonds is 3. The Hall–Kier alpha value is -1.33. The quantitative estimate of drug-likeness (QED) is 0.863. The highest BCUT2D eigenvalue weighted by Crippen LogP contribution is 2.29. The zero-order chi connectivity index (χ0) is 10.7. The Morgan fingerprint density at radius 2 is 2.27 bits per heavy atom. The monoisotopic (exact) mass is 222 g/mol. The van der Waals surface area contributed by atoms with E-state index in [4.69, 9.17) is 4.42 Å². The van der Waals surface area contributed by atoms with Gasteiger partial charge in [0.15, 0.2) is 0 Å². The van der Waals surface area contributed by atoms with Crippen LogP contribution in [0.4, 0.5) is 0 Å². The molecule has 1 N–H and O–H groups in total. The van der Waals surface area contributed by atoms with Crippen LogP contribution in [0.5, 0.6) is 0 Å². The second-order valence-electron chi connectivity index (χ2n) is 2.97. The van der Waals surface area contributed by atoms with Crippen molar-refractivity contribution in [3.8, 4) is 0 Å². The molecule has 0 aromatic carbocycles. The normalized spacial score (nSPS) is 12.7. The van der Waals surface area contributed by atoms with Crippen LogP contribution in [0.3, 0.4) is 0 Å². The maximum absolute atomic E-state index is 9.53. The molecule has 0 saturated carbocycles. The number of oxazole rings is 1. The first-order valence-electron chi connectivity index (χ1n) is 4.47. The standard InChI is InChI=1S/C10H10N2O2S/c1-7(13)8-3-2-4-11-9(8)15-10-12-5-6-14-10/h2-7,13H,1H3/t7-/m1/s1. The molecular formula is C10H10N2O2S. The predicted octanol–water partition coefficient (Wildman–Crippen LogP) is 2.27.